The van der Waals surface area contributed by atoms with Crippen molar-refractivity contribution in [1.29, 1.82) is 0 Å². The van der Waals surface area contributed by atoms with E-state index in [1.54, 1.807) is 0 Å². The van der Waals surface area contributed by atoms with Gasteiger partial charge in [-0.1, -0.05) is 38.5 Å². The Morgan fingerprint density at radius 3 is 2.62 bits per heavy atom. The van der Waals surface area contributed by atoms with Crippen LogP contribution in [0.2, 0.25) is 0 Å². The van der Waals surface area contributed by atoms with E-state index in [2.05, 4.69) is 5.32 Å². The van der Waals surface area contributed by atoms with Crippen LogP contribution in [-0.4, -0.2) is 11.9 Å². The van der Waals surface area contributed by atoms with Gasteiger partial charge in [-0.05, 0) is 25.0 Å². The van der Waals surface area contributed by atoms with E-state index in [-0.39, 0.29) is 30.3 Å². The summed E-state index contributed by atoms with van der Waals surface area (Å²) in [6.07, 6.45) is 0.883. The summed E-state index contributed by atoms with van der Waals surface area (Å²) in [7, 11) is 0. The van der Waals surface area contributed by atoms with Crippen LogP contribution in [0, 0.1) is 5.92 Å². The summed E-state index contributed by atoms with van der Waals surface area (Å²) in [5.74, 6) is 0.779. The highest BCUT2D eigenvalue weighted by atomic mass is 35.5. The van der Waals surface area contributed by atoms with Crippen LogP contribution >= 0.6 is 12.4 Å². The lowest BCUT2D eigenvalue weighted by atomic mass is 9.99. The molecule has 1 aromatic carbocycles. The van der Waals surface area contributed by atoms with E-state index < -0.39 is 6.04 Å². The SMILES string of the molecule is CCC(C)C(N)C(=O)NC(C)c1cc2ccccc2o1.Cl. The number of nitrogens with one attached hydrogen (secondary N) is 1. The molecule has 0 aliphatic heterocycles. The van der Waals surface area contributed by atoms with Crippen LogP contribution in [0.1, 0.15) is 39.0 Å². The van der Waals surface area contributed by atoms with Gasteiger partial charge in [0.1, 0.15) is 11.3 Å². The monoisotopic (exact) mass is 310 g/mol. The number of furan rings is 1. The first kappa shape index (κ1) is 17.5. The van der Waals surface area contributed by atoms with Crippen molar-refractivity contribution in [2.45, 2.75) is 39.3 Å². The minimum Gasteiger partial charge on any atom is -0.459 e. The molecule has 1 aromatic heterocycles. The average molecular weight is 311 g/mol. The number of hydrogen-bond donors (Lipinski definition) is 2. The summed E-state index contributed by atoms with van der Waals surface area (Å²) >= 11 is 0. The Labute approximate surface area is 131 Å². The molecular formula is C16H23ClN2O2. The zero-order chi connectivity index (χ0) is 14.7. The summed E-state index contributed by atoms with van der Waals surface area (Å²) in [6, 6.07) is 9.08. The fourth-order valence-electron chi connectivity index (χ4n) is 2.11. The molecule has 116 valence electrons. The van der Waals surface area contributed by atoms with Crippen LogP contribution in [-0.2, 0) is 4.79 Å². The third kappa shape index (κ3) is 3.99. The van der Waals surface area contributed by atoms with Crippen molar-refractivity contribution in [2.75, 3.05) is 0 Å². The molecule has 3 unspecified atom stereocenters. The van der Waals surface area contributed by atoms with Gasteiger partial charge < -0.3 is 15.5 Å². The van der Waals surface area contributed by atoms with Crippen molar-refractivity contribution in [3.8, 4) is 0 Å². The van der Waals surface area contributed by atoms with Gasteiger partial charge in [0, 0.05) is 5.39 Å². The summed E-state index contributed by atoms with van der Waals surface area (Å²) < 4.78 is 5.74. The molecule has 0 aliphatic rings. The first-order valence-electron chi connectivity index (χ1n) is 7.07. The van der Waals surface area contributed by atoms with Gasteiger partial charge in [-0.25, -0.2) is 0 Å². The molecule has 2 aromatic rings. The molecule has 1 amide bonds. The van der Waals surface area contributed by atoms with E-state index in [0.29, 0.717) is 0 Å². The molecule has 2 rings (SSSR count). The Hall–Kier alpha value is -1.52. The van der Waals surface area contributed by atoms with Crippen LogP contribution in [0.4, 0.5) is 0 Å². The van der Waals surface area contributed by atoms with E-state index in [1.165, 1.54) is 0 Å². The third-order valence-electron chi connectivity index (χ3n) is 3.79. The number of nitrogens with two attached hydrogens (primary N) is 1. The van der Waals surface area contributed by atoms with E-state index in [1.807, 2.05) is 51.1 Å². The standard InChI is InChI=1S/C16H22N2O2.ClH/c1-4-10(2)15(17)16(19)18-11(3)14-9-12-7-5-6-8-13(12)20-14;/h5-11,15H,4,17H2,1-3H3,(H,18,19);1H. The number of benzene rings is 1. The highest BCUT2D eigenvalue weighted by molar-refractivity contribution is 5.85. The van der Waals surface area contributed by atoms with Crippen molar-refractivity contribution in [2.24, 2.45) is 11.7 Å². The van der Waals surface area contributed by atoms with Gasteiger partial charge in [0.25, 0.3) is 0 Å². The van der Waals surface area contributed by atoms with Crippen molar-refractivity contribution in [3.05, 3.63) is 36.1 Å². The normalized spacial score (nSPS) is 15.0. The van der Waals surface area contributed by atoms with Crippen LogP contribution in [0.3, 0.4) is 0 Å². The molecule has 0 saturated carbocycles. The lowest BCUT2D eigenvalue weighted by Crippen LogP contribution is -2.45. The fraction of sp³-hybridized carbons (Fsp3) is 0.438. The second-order valence-electron chi connectivity index (χ2n) is 5.33. The van der Waals surface area contributed by atoms with Crippen molar-refractivity contribution < 1.29 is 9.21 Å². The number of amides is 1. The van der Waals surface area contributed by atoms with E-state index in [4.69, 9.17) is 10.2 Å². The minimum atomic E-state index is -0.480. The number of halogens is 1. The summed E-state index contributed by atoms with van der Waals surface area (Å²) in [5.41, 5.74) is 6.76. The molecule has 0 aliphatic carbocycles. The molecule has 0 fully saturated rings. The Balaban J connectivity index is 0.00000220. The van der Waals surface area contributed by atoms with Crippen molar-refractivity contribution >= 4 is 29.3 Å². The molecule has 3 atom stereocenters. The number of para-hydroxylation sites is 1. The number of carbonyl (C=O) groups is 1. The minimum absolute atomic E-state index is 0. The summed E-state index contributed by atoms with van der Waals surface area (Å²) in [5, 5.41) is 3.95. The Morgan fingerprint density at radius 1 is 1.33 bits per heavy atom. The molecule has 3 N–H and O–H groups in total. The molecule has 5 heteroatoms. The maximum absolute atomic E-state index is 12.1. The number of rotatable bonds is 5. The van der Waals surface area contributed by atoms with Gasteiger partial charge in [-0.15, -0.1) is 12.4 Å². The van der Waals surface area contributed by atoms with E-state index in [9.17, 15) is 4.79 Å². The molecule has 0 saturated heterocycles. The van der Waals surface area contributed by atoms with Gasteiger partial charge in [-0.3, -0.25) is 4.79 Å². The zero-order valence-electron chi connectivity index (χ0n) is 12.6. The Bertz CT molecular complexity index is 564. The molecule has 1 heterocycles. The van der Waals surface area contributed by atoms with Gasteiger partial charge in [0.15, 0.2) is 0 Å². The summed E-state index contributed by atoms with van der Waals surface area (Å²) in [6.45, 7) is 5.91. The molecule has 21 heavy (non-hydrogen) atoms. The van der Waals surface area contributed by atoms with Crippen LogP contribution in [0.5, 0.6) is 0 Å². The molecule has 0 bridgehead atoms. The quantitative estimate of drug-likeness (QED) is 0.889. The lowest BCUT2D eigenvalue weighted by molar-refractivity contribution is -0.124. The highest BCUT2D eigenvalue weighted by Gasteiger charge is 2.22. The van der Waals surface area contributed by atoms with Crippen LogP contribution in [0.15, 0.2) is 34.7 Å². The van der Waals surface area contributed by atoms with Gasteiger partial charge >= 0.3 is 0 Å². The van der Waals surface area contributed by atoms with Gasteiger partial charge in [0.2, 0.25) is 5.91 Å². The van der Waals surface area contributed by atoms with Crippen molar-refractivity contribution in [1.82, 2.24) is 5.32 Å². The average Bonchev–Trinajstić information content (AvgIpc) is 2.89. The number of carbonyl (C=O) groups excluding carboxylic acids is 1. The second-order valence-corrected chi connectivity index (χ2v) is 5.33. The molecule has 4 nitrogen and oxygen atoms in total. The van der Waals surface area contributed by atoms with Crippen LogP contribution < -0.4 is 11.1 Å². The van der Waals surface area contributed by atoms with Crippen LogP contribution in [0.25, 0.3) is 11.0 Å². The Morgan fingerprint density at radius 2 is 2.00 bits per heavy atom. The topological polar surface area (TPSA) is 68.3 Å². The number of hydrogen-bond acceptors (Lipinski definition) is 3. The molecule has 0 spiro atoms. The largest absolute Gasteiger partial charge is 0.459 e. The lowest BCUT2D eigenvalue weighted by Gasteiger charge is -2.20. The first-order chi connectivity index (χ1) is 9.52. The smallest absolute Gasteiger partial charge is 0.237 e. The predicted molar refractivity (Wildman–Crippen MR) is 87.5 cm³/mol. The maximum Gasteiger partial charge on any atom is 0.237 e. The van der Waals surface area contributed by atoms with Gasteiger partial charge in [-0.2, -0.15) is 0 Å². The number of fused-ring (bicyclic) bond motifs is 1. The summed E-state index contributed by atoms with van der Waals surface area (Å²) in [4.78, 5) is 12.1. The highest BCUT2D eigenvalue weighted by Crippen LogP contribution is 2.23. The fourth-order valence-corrected chi connectivity index (χ4v) is 2.11. The molecule has 0 radical (unpaired) electrons. The third-order valence-corrected chi connectivity index (χ3v) is 3.79. The van der Waals surface area contributed by atoms with E-state index >= 15 is 0 Å². The van der Waals surface area contributed by atoms with Crippen molar-refractivity contribution in [3.63, 3.8) is 0 Å². The van der Waals surface area contributed by atoms with Gasteiger partial charge in [0.05, 0.1) is 12.1 Å². The molecular weight excluding hydrogens is 288 g/mol. The van der Waals surface area contributed by atoms with E-state index in [0.717, 1.165) is 23.2 Å². The Kier molecular flexibility index (Phi) is 6.24. The maximum atomic E-state index is 12.1. The second kappa shape index (κ2) is 7.48. The first-order valence-corrected chi connectivity index (χ1v) is 7.07. The zero-order valence-corrected chi connectivity index (χ0v) is 13.4. The predicted octanol–water partition coefficient (Wildman–Crippen LogP) is 3.41.